The van der Waals surface area contributed by atoms with E-state index >= 15 is 0 Å². The monoisotopic (exact) mass is 427 g/mol. The largest absolute Gasteiger partial charge is 0.379 e. The average molecular weight is 427 g/mol. The number of rotatable bonds is 7. The molecule has 4 rings (SSSR count). The maximum Gasteiger partial charge on any atom is 0.247 e. The second-order valence-electron chi connectivity index (χ2n) is 7.94. The minimum atomic E-state index is -0.528. The zero-order valence-electron chi connectivity index (χ0n) is 17.5. The number of amides is 1. The van der Waals surface area contributed by atoms with Crippen LogP contribution in [0.25, 0.3) is 0 Å². The Hall–Kier alpha value is -2.64. The fourth-order valence-corrected chi connectivity index (χ4v) is 4.09. The summed E-state index contributed by atoms with van der Waals surface area (Å²) in [6, 6.07) is 11.3. The normalized spacial score (nSPS) is 17.1. The van der Waals surface area contributed by atoms with Crippen molar-refractivity contribution in [2.24, 2.45) is 5.10 Å². The van der Waals surface area contributed by atoms with Gasteiger partial charge in [-0.25, -0.2) is 13.8 Å². The molecule has 0 saturated carbocycles. The van der Waals surface area contributed by atoms with Gasteiger partial charge in [0.2, 0.25) is 5.91 Å². The van der Waals surface area contributed by atoms with Gasteiger partial charge in [-0.3, -0.25) is 9.69 Å². The van der Waals surface area contributed by atoms with E-state index in [2.05, 4.69) is 16.1 Å². The molecule has 0 atom stereocenters. The van der Waals surface area contributed by atoms with E-state index < -0.39 is 11.6 Å². The van der Waals surface area contributed by atoms with Crippen LogP contribution in [-0.2, 0) is 22.4 Å². The number of carbonyl (C=O) groups excluding carboxylic acids is 1. The van der Waals surface area contributed by atoms with E-state index in [0.717, 1.165) is 69.5 Å². The first kappa shape index (κ1) is 21.6. The van der Waals surface area contributed by atoms with Gasteiger partial charge in [-0.15, -0.1) is 0 Å². The molecule has 31 heavy (non-hydrogen) atoms. The first-order valence-electron chi connectivity index (χ1n) is 10.8. The van der Waals surface area contributed by atoms with Crippen LogP contribution in [0.2, 0.25) is 0 Å². The average Bonchev–Trinajstić information content (AvgIpc) is 3.28. The van der Waals surface area contributed by atoms with Crippen LogP contribution in [0.4, 0.5) is 8.78 Å². The molecule has 7 heteroatoms. The molecule has 2 aliphatic heterocycles. The number of hydrogen-bond acceptors (Lipinski definition) is 4. The number of carbonyl (C=O) groups is 1. The number of morpholine rings is 1. The number of hydrazone groups is 1. The first-order chi connectivity index (χ1) is 15.1. The third-order valence-electron chi connectivity index (χ3n) is 5.81. The summed E-state index contributed by atoms with van der Waals surface area (Å²) in [5.74, 6) is -1.18. The predicted octanol–water partition coefficient (Wildman–Crippen LogP) is 3.41. The molecule has 2 aromatic carbocycles. The van der Waals surface area contributed by atoms with Crippen molar-refractivity contribution < 1.29 is 18.3 Å². The summed E-state index contributed by atoms with van der Waals surface area (Å²) < 4.78 is 32.9. The highest BCUT2D eigenvalue weighted by Gasteiger charge is 2.24. The lowest BCUT2D eigenvalue weighted by atomic mass is 10.00. The minimum absolute atomic E-state index is 0.124. The Bertz CT molecular complexity index is 958. The number of benzene rings is 2. The summed E-state index contributed by atoms with van der Waals surface area (Å²) in [7, 11) is 0. The molecule has 0 aliphatic carbocycles. The van der Waals surface area contributed by atoms with Gasteiger partial charge in [0.1, 0.15) is 11.6 Å². The zero-order chi connectivity index (χ0) is 21.6. The quantitative estimate of drug-likeness (QED) is 0.680. The molecule has 0 unspecified atom stereocenters. The molecule has 2 heterocycles. The van der Waals surface area contributed by atoms with Gasteiger partial charge in [0, 0.05) is 25.1 Å². The molecule has 0 N–H and O–H groups in total. The Labute approximate surface area is 181 Å². The van der Waals surface area contributed by atoms with Gasteiger partial charge in [-0.1, -0.05) is 24.3 Å². The van der Waals surface area contributed by atoms with E-state index in [0.29, 0.717) is 18.7 Å². The molecule has 1 fully saturated rings. The SMILES string of the molecule is O=C(Cc1ccccc1CCCN1CCOCC1)N1CCC(c2cc(F)ccc2F)=N1. The molecule has 0 radical (unpaired) electrons. The summed E-state index contributed by atoms with van der Waals surface area (Å²) in [5.41, 5.74) is 2.70. The lowest BCUT2D eigenvalue weighted by Gasteiger charge is -2.26. The van der Waals surface area contributed by atoms with Gasteiger partial charge in [-0.2, -0.15) is 5.10 Å². The van der Waals surface area contributed by atoms with Crippen molar-refractivity contribution in [1.29, 1.82) is 0 Å². The fraction of sp³-hybridized carbons (Fsp3) is 0.417. The number of hydrogen-bond donors (Lipinski definition) is 0. The highest BCUT2D eigenvalue weighted by molar-refractivity contribution is 6.03. The van der Waals surface area contributed by atoms with Crippen molar-refractivity contribution in [2.75, 3.05) is 39.4 Å². The molecule has 0 bridgehead atoms. The summed E-state index contributed by atoms with van der Waals surface area (Å²) in [6.45, 7) is 4.93. The van der Waals surface area contributed by atoms with Gasteiger partial charge in [0.25, 0.3) is 0 Å². The van der Waals surface area contributed by atoms with E-state index in [1.54, 1.807) is 0 Å². The van der Waals surface area contributed by atoms with Crippen LogP contribution in [0.1, 0.15) is 29.5 Å². The van der Waals surface area contributed by atoms with Crippen LogP contribution in [0.5, 0.6) is 0 Å². The van der Waals surface area contributed by atoms with Crippen LogP contribution in [0.15, 0.2) is 47.6 Å². The van der Waals surface area contributed by atoms with E-state index in [1.807, 2.05) is 18.2 Å². The van der Waals surface area contributed by atoms with Crippen molar-refractivity contribution in [1.82, 2.24) is 9.91 Å². The van der Waals surface area contributed by atoms with Crippen molar-refractivity contribution in [3.8, 4) is 0 Å². The summed E-state index contributed by atoms with van der Waals surface area (Å²) in [4.78, 5) is 15.3. The van der Waals surface area contributed by atoms with Crippen molar-refractivity contribution >= 4 is 11.6 Å². The van der Waals surface area contributed by atoms with Crippen molar-refractivity contribution in [2.45, 2.75) is 25.7 Å². The number of nitrogens with zero attached hydrogens (tertiary/aromatic N) is 3. The molecule has 0 spiro atoms. The molecule has 2 aromatic rings. The van der Waals surface area contributed by atoms with Crippen LogP contribution < -0.4 is 0 Å². The number of ether oxygens (including phenoxy) is 1. The minimum Gasteiger partial charge on any atom is -0.379 e. The van der Waals surface area contributed by atoms with Gasteiger partial charge in [0.05, 0.1) is 31.9 Å². The van der Waals surface area contributed by atoms with Gasteiger partial charge in [0.15, 0.2) is 0 Å². The second kappa shape index (κ2) is 10.1. The molecule has 0 aromatic heterocycles. The molecular weight excluding hydrogens is 400 g/mol. The lowest BCUT2D eigenvalue weighted by Crippen LogP contribution is -2.37. The van der Waals surface area contributed by atoms with Crippen molar-refractivity contribution in [3.63, 3.8) is 0 Å². The van der Waals surface area contributed by atoms with Crippen LogP contribution >= 0.6 is 0 Å². The Morgan fingerprint density at radius 1 is 1.03 bits per heavy atom. The first-order valence-corrected chi connectivity index (χ1v) is 10.8. The standard InChI is InChI=1S/C24H27F2N3O2/c25-20-7-8-22(26)21(17-20)23-9-11-29(27-23)24(30)16-19-5-2-1-4-18(19)6-3-10-28-12-14-31-15-13-28/h1-2,4-5,7-8,17H,3,6,9-16H2. The summed E-state index contributed by atoms with van der Waals surface area (Å²) in [6.07, 6.45) is 2.59. The molecule has 2 aliphatic rings. The number of halogens is 2. The molecular formula is C24H27F2N3O2. The van der Waals surface area contributed by atoms with E-state index in [-0.39, 0.29) is 17.9 Å². The van der Waals surface area contributed by atoms with Crippen LogP contribution in [-0.4, -0.2) is 60.9 Å². The number of aryl methyl sites for hydroxylation is 1. The smallest absolute Gasteiger partial charge is 0.247 e. The second-order valence-corrected chi connectivity index (χ2v) is 7.94. The van der Waals surface area contributed by atoms with Gasteiger partial charge in [-0.05, 0) is 48.7 Å². The highest BCUT2D eigenvalue weighted by Crippen LogP contribution is 2.20. The van der Waals surface area contributed by atoms with Gasteiger partial charge < -0.3 is 4.74 Å². The predicted molar refractivity (Wildman–Crippen MR) is 115 cm³/mol. The summed E-state index contributed by atoms with van der Waals surface area (Å²) in [5, 5.41) is 5.66. The Morgan fingerprint density at radius 3 is 2.61 bits per heavy atom. The van der Waals surface area contributed by atoms with Crippen molar-refractivity contribution in [3.05, 3.63) is 70.8 Å². The Balaban J connectivity index is 1.37. The van der Waals surface area contributed by atoms with E-state index in [9.17, 15) is 13.6 Å². The molecule has 164 valence electrons. The fourth-order valence-electron chi connectivity index (χ4n) is 4.09. The molecule has 1 amide bonds. The Kier molecular flexibility index (Phi) is 7.04. The lowest BCUT2D eigenvalue weighted by molar-refractivity contribution is -0.130. The molecule has 5 nitrogen and oxygen atoms in total. The topological polar surface area (TPSA) is 45.1 Å². The third kappa shape index (κ3) is 5.54. The summed E-state index contributed by atoms with van der Waals surface area (Å²) >= 11 is 0. The maximum atomic E-state index is 14.0. The zero-order valence-corrected chi connectivity index (χ0v) is 17.5. The Morgan fingerprint density at radius 2 is 1.81 bits per heavy atom. The van der Waals surface area contributed by atoms with Crippen LogP contribution in [0, 0.1) is 11.6 Å². The van der Waals surface area contributed by atoms with Gasteiger partial charge >= 0.3 is 0 Å². The third-order valence-corrected chi connectivity index (χ3v) is 5.81. The van der Waals surface area contributed by atoms with E-state index in [1.165, 1.54) is 10.6 Å². The highest BCUT2D eigenvalue weighted by atomic mass is 19.1. The molecule has 1 saturated heterocycles. The van der Waals surface area contributed by atoms with Crippen LogP contribution in [0.3, 0.4) is 0 Å². The van der Waals surface area contributed by atoms with E-state index in [4.69, 9.17) is 4.74 Å². The maximum absolute atomic E-state index is 14.0.